The summed E-state index contributed by atoms with van der Waals surface area (Å²) in [4.78, 5) is 0. The summed E-state index contributed by atoms with van der Waals surface area (Å²) < 4.78 is 1.44. The van der Waals surface area contributed by atoms with Gasteiger partial charge < -0.3 is 5.73 Å². The molecule has 86 valence electrons. The Balaban J connectivity index is 2.69. The van der Waals surface area contributed by atoms with Crippen LogP contribution in [0, 0.1) is 11.3 Å². The zero-order chi connectivity index (χ0) is 12.6. The van der Waals surface area contributed by atoms with Crippen molar-refractivity contribution in [3.05, 3.63) is 33.8 Å². The van der Waals surface area contributed by atoms with Crippen molar-refractivity contribution in [3.8, 4) is 17.3 Å². The molecule has 2 N–H and O–H groups in total. The Bertz CT molecular complexity index is 625. The third kappa shape index (κ3) is 1.95. The minimum atomic E-state index is 0.313. The molecule has 0 spiro atoms. The van der Waals surface area contributed by atoms with E-state index in [4.69, 9.17) is 34.2 Å². The van der Waals surface area contributed by atoms with Crippen molar-refractivity contribution in [2.75, 3.05) is 5.73 Å². The molecule has 0 aliphatic carbocycles. The predicted molar refractivity (Wildman–Crippen MR) is 67.8 cm³/mol. The van der Waals surface area contributed by atoms with Crippen LogP contribution in [0.3, 0.4) is 0 Å². The van der Waals surface area contributed by atoms with Crippen molar-refractivity contribution in [2.45, 2.75) is 0 Å². The predicted octanol–water partition coefficient (Wildman–Crippen LogP) is 2.85. The van der Waals surface area contributed by atoms with Gasteiger partial charge in [0.25, 0.3) is 0 Å². The molecule has 6 heteroatoms. The molecule has 0 aliphatic heterocycles. The molecule has 17 heavy (non-hydrogen) atoms. The van der Waals surface area contributed by atoms with Gasteiger partial charge in [-0.1, -0.05) is 23.2 Å². The first-order valence-electron chi connectivity index (χ1n) is 4.72. The smallest absolute Gasteiger partial charge is 0.140 e. The summed E-state index contributed by atoms with van der Waals surface area (Å²) in [6.45, 7) is 0. The number of nitriles is 1. The first-order valence-corrected chi connectivity index (χ1v) is 5.48. The number of anilines is 1. The average molecular weight is 267 g/mol. The Morgan fingerprint density at radius 2 is 2.12 bits per heavy atom. The number of nitrogen functional groups attached to an aromatic ring is 1. The summed E-state index contributed by atoms with van der Waals surface area (Å²) in [5.74, 6) is 0.313. The molecule has 0 saturated heterocycles. The Morgan fingerprint density at radius 1 is 1.41 bits per heavy atom. The summed E-state index contributed by atoms with van der Waals surface area (Å²) in [7, 11) is 1.67. The van der Waals surface area contributed by atoms with Crippen molar-refractivity contribution in [1.29, 1.82) is 5.26 Å². The first-order chi connectivity index (χ1) is 8.04. The highest BCUT2D eigenvalue weighted by Gasteiger charge is 2.17. The quantitative estimate of drug-likeness (QED) is 0.863. The van der Waals surface area contributed by atoms with Crippen LogP contribution in [0.5, 0.6) is 0 Å². The van der Waals surface area contributed by atoms with Crippen LogP contribution in [0.4, 0.5) is 5.82 Å². The number of aromatic nitrogens is 2. The molecule has 0 unspecified atom stereocenters. The Hall–Kier alpha value is -1.70. The number of benzene rings is 1. The maximum Gasteiger partial charge on any atom is 0.140 e. The van der Waals surface area contributed by atoms with Gasteiger partial charge in [-0.3, -0.25) is 4.68 Å². The lowest BCUT2D eigenvalue weighted by atomic mass is 10.1. The van der Waals surface area contributed by atoms with E-state index in [1.807, 2.05) is 6.07 Å². The topological polar surface area (TPSA) is 67.6 Å². The Labute approximate surface area is 108 Å². The van der Waals surface area contributed by atoms with Gasteiger partial charge in [0.05, 0.1) is 5.02 Å². The number of nitrogens with two attached hydrogens (primary N) is 1. The van der Waals surface area contributed by atoms with Crippen LogP contribution in [0.25, 0.3) is 11.3 Å². The van der Waals surface area contributed by atoms with E-state index in [1.54, 1.807) is 25.2 Å². The molecular weight excluding hydrogens is 259 g/mol. The van der Waals surface area contributed by atoms with Crippen molar-refractivity contribution >= 4 is 29.0 Å². The molecule has 0 bridgehead atoms. The Morgan fingerprint density at radius 3 is 2.71 bits per heavy atom. The van der Waals surface area contributed by atoms with Crippen LogP contribution >= 0.6 is 23.2 Å². The van der Waals surface area contributed by atoms with Crippen LogP contribution < -0.4 is 5.73 Å². The lowest BCUT2D eigenvalue weighted by Gasteiger charge is -2.01. The van der Waals surface area contributed by atoms with Gasteiger partial charge >= 0.3 is 0 Å². The molecule has 0 saturated carbocycles. The van der Waals surface area contributed by atoms with Crippen molar-refractivity contribution in [1.82, 2.24) is 9.78 Å². The molecule has 1 aromatic carbocycles. The maximum absolute atomic E-state index is 9.07. The molecule has 1 aromatic heterocycles. The molecule has 1 heterocycles. The zero-order valence-electron chi connectivity index (χ0n) is 8.91. The van der Waals surface area contributed by atoms with Crippen molar-refractivity contribution in [3.63, 3.8) is 0 Å². The van der Waals surface area contributed by atoms with E-state index >= 15 is 0 Å². The monoisotopic (exact) mass is 266 g/mol. The minimum absolute atomic E-state index is 0.313. The van der Waals surface area contributed by atoms with Gasteiger partial charge in [-0.05, 0) is 18.2 Å². The zero-order valence-corrected chi connectivity index (χ0v) is 10.4. The molecule has 0 radical (unpaired) electrons. The normalized spacial score (nSPS) is 10.2. The molecule has 2 aromatic rings. The van der Waals surface area contributed by atoms with Gasteiger partial charge in [-0.25, -0.2) is 0 Å². The van der Waals surface area contributed by atoms with E-state index < -0.39 is 0 Å². The Kier molecular flexibility index (Phi) is 2.97. The highest BCUT2D eigenvalue weighted by molar-refractivity contribution is 6.36. The van der Waals surface area contributed by atoms with Crippen LogP contribution in [0.15, 0.2) is 18.2 Å². The largest absolute Gasteiger partial charge is 0.383 e. The second-order valence-corrected chi connectivity index (χ2v) is 4.31. The SMILES string of the molecule is Cn1nc(-c2ccc(Cl)cc2Cl)c(C#N)c1N. The average Bonchev–Trinajstić information content (AvgIpc) is 2.55. The molecule has 0 fully saturated rings. The fraction of sp³-hybridized carbons (Fsp3) is 0.0909. The second kappa shape index (κ2) is 4.28. The number of rotatable bonds is 1. The van der Waals surface area contributed by atoms with E-state index in [1.165, 1.54) is 4.68 Å². The molecule has 0 atom stereocenters. The van der Waals surface area contributed by atoms with Gasteiger partial charge in [0.15, 0.2) is 0 Å². The van der Waals surface area contributed by atoms with Gasteiger partial charge in [0.1, 0.15) is 23.1 Å². The maximum atomic E-state index is 9.07. The molecule has 0 amide bonds. The summed E-state index contributed by atoms with van der Waals surface area (Å²) in [6.07, 6.45) is 0. The lowest BCUT2D eigenvalue weighted by molar-refractivity contribution is 0.782. The first kappa shape index (κ1) is 11.8. The van der Waals surface area contributed by atoms with Crippen LogP contribution in [0.2, 0.25) is 10.0 Å². The van der Waals surface area contributed by atoms with E-state index in [0.29, 0.717) is 32.7 Å². The third-order valence-electron chi connectivity index (χ3n) is 2.39. The van der Waals surface area contributed by atoms with Gasteiger partial charge in [0.2, 0.25) is 0 Å². The fourth-order valence-electron chi connectivity index (χ4n) is 1.52. The summed E-state index contributed by atoms with van der Waals surface area (Å²) in [6, 6.07) is 7.03. The van der Waals surface area contributed by atoms with Crippen LogP contribution in [-0.2, 0) is 7.05 Å². The van der Waals surface area contributed by atoms with E-state index in [0.717, 1.165) is 0 Å². The molecule has 4 nitrogen and oxygen atoms in total. The highest BCUT2D eigenvalue weighted by atomic mass is 35.5. The van der Waals surface area contributed by atoms with E-state index in [-0.39, 0.29) is 0 Å². The minimum Gasteiger partial charge on any atom is -0.383 e. The third-order valence-corrected chi connectivity index (χ3v) is 2.94. The van der Waals surface area contributed by atoms with Crippen LogP contribution in [0.1, 0.15) is 5.56 Å². The standard InChI is InChI=1S/C11H8Cl2N4/c1-17-11(15)8(5-14)10(16-17)7-3-2-6(12)4-9(7)13/h2-4H,15H2,1H3. The number of hydrogen-bond donors (Lipinski definition) is 1. The van der Waals surface area contributed by atoms with Gasteiger partial charge in [0, 0.05) is 17.6 Å². The molecular formula is C11H8Cl2N4. The van der Waals surface area contributed by atoms with E-state index in [9.17, 15) is 0 Å². The van der Waals surface area contributed by atoms with E-state index in [2.05, 4.69) is 5.10 Å². The summed E-state index contributed by atoms with van der Waals surface area (Å²) >= 11 is 11.9. The number of hydrogen-bond acceptors (Lipinski definition) is 3. The van der Waals surface area contributed by atoms with Crippen molar-refractivity contribution < 1.29 is 0 Å². The van der Waals surface area contributed by atoms with Gasteiger partial charge in [-0.2, -0.15) is 10.4 Å². The van der Waals surface area contributed by atoms with Crippen molar-refractivity contribution in [2.24, 2.45) is 7.05 Å². The number of halogens is 2. The highest BCUT2D eigenvalue weighted by Crippen LogP contribution is 2.33. The molecule has 2 rings (SSSR count). The lowest BCUT2D eigenvalue weighted by Crippen LogP contribution is -1.97. The summed E-state index contributed by atoms with van der Waals surface area (Å²) in [5.41, 5.74) is 7.16. The summed E-state index contributed by atoms with van der Waals surface area (Å²) in [5, 5.41) is 14.2. The van der Waals surface area contributed by atoms with Crippen LogP contribution in [-0.4, -0.2) is 9.78 Å². The number of nitrogens with zero attached hydrogens (tertiary/aromatic N) is 3. The second-order valence-electron chi connectivity index (χ2n) is 3.47. The fourth-order valence-corrected chi connectivity index (χ4v) is 2.02. The number of aryl methyl sites for hydroxylation is 1. The van der Waals surface area contributed by atoms with Gasteiger partial charge in [-0.15, -0.1) is 0 Å². The molecule has 0 aliphatic rings.